The molecule has 0 bridgehead atoms. The molecule has 0 aliphatic heterocycles. The van der Waals surface area contributed by atoms with Crippen molar-refractivity contribution in [2.45, 2.75) is 64.3 Å². The molecule has 96 valence electrons. The monoisotopic (exact) mass is 253 g/mol. The third-order valence-corrected chi connectivity index (χ3v) is 4.13. The molecule has 2 saturated carbocycles. The van der Waals surface area contributed by atoms with E-state index in [1.165, 1.54) is 44.2 Å². The van der Waals surface area contributed by atoms with Crippen LogP contribution in [0.5, 0.6) is 0 Å². The molecule has 2 atom stereocenters. The SMILES string of the molecule is C[C@H]1CCCC[C@H]1NC(=S)NN=C1CCCC1. The maximum absolute atomic E-state index is 5.29. The largest absolute Gasteiger partial charge is 0.358 e. The van der Waals surface area contributed by atoms with Crippen LogP contribution in [0.15, 0.2) is 5.10 Å². The van der Waals surface area contributed by atoms with E-state index >= 15 is 0 Å². The third-order valence-electron chi connectivity index (χ3n) is 3.92. The molecule has 0 radical (unpaired) electrons. The first-order valence-corrected chi connectivity index (χ1v) is 7.28. The zero-order valence-electron chi connectivity index (χ0n) is 10.7. The van der Waals surface area contributed by atoms with Crippen LogP contribution in [0, 0.1) is 5.92 Å². The normalized spacial score (nSPS) is 28.9. The van der Waals surface area contributed by atoms with Crippen molar-refractivity contribution in [2.24, 2.45) is 11.0 Å². The van der Waals surface area contributed by atoms with Crippen LogP contribution in [0.4, 0.5) is 0 Å². The van der Waals surface area contributed by atoms with Crippen LogP contribution in [0.25, 0.3) is 0 Å². The number of nitrogens with zero attached hydrogens (tertiary/aromatic N) is 1. The zero-order chi connectivity index (χ0) is 12.1. The summed E-state index contributed by atoms with van der Waals surface area (Å²) in [5, 5.41) is 8.48. The van der Waals surface area contributed by atoms with Crippen LogP contribution in [0.1, 0.15) is 58.3 Å². The summed E-state index contributed by atoms with van der Waals surface area (Å²) in [4.78, 5) is 0. The maximum Gasteiger partial charge on any atom is 0.187 e. The molecule has 2 rings (SSSR count). The quantitative estimate of drug-likeness (QED) is 0.587. The Morgan fingerprint density at radius 1 is 1.18 bits per heavy atom. The van der Waals surface area contributed by atoms with Crippen molar-refractivity contribution in [1.82, 2.24) is 10.7 Å². The molecule has 4 heteroatoms. The molecule has 0 aromatic carbocycles. The molecule has 0 spiro atoms. The second kappa shape index (κ2) is 6.34. The number of thiocarbonyl (C=S) groups is 1. The van der Waals surface area contributed by atoms with Gasteiger partial charge in [-0.05, 0) is 56.7 Å². The molecule has 0 amide bonds. The Labute approximate surface area is 109 Å². The van der Waals surface area contributed by atoms with Crippen LogP contribution in [0.3, 0.4) is 0 Å². The summed E-state index contributed by atoms with van der Waals surface area (Å²) in [6.45, 7) is 2.31. The highest BCUT2D eigenvalue weighted by molar-refractivity contribution is 7.80. The van der Waals surface area contributed by atoms with Gasteiger partial charge in [-0.3, -0.25) is 5.43 Å². The molecule has 0 saturated heterocycles. The summed E-state index contributed by atoms with van der Waals surface area (Å²) in [5.41, 5.74) is 4.27. The summed E-state index contributed by atoms with van der Waals surface area (Å²) in [6, 6.07) is 0.535. The van der Waals surface area contributed by atoms with E-state index in [0.29, 0.717) is 11.2 Å². The third kappa shape index (κ3) is 3.95. The smallest absolute Gasteiger partial charge is 0.187 e. The molecule has 0 heterocycles. The molecular formula is C13H23N3S. The maximum atomic E-state index is 5.29. The van der Waals surface area contributed by atoms with Crippen molar-refractivity contribution in [2.75, 3.05) is 0 Å². The summed E-state index contributed by atoms with van der Waals surface area (Å²) < 4.78 is 0. The number of rotatable bonds is 2. The Balaban J connectivity index is 1.74. The molecule has 2 N–H and O–H groups in total. The Kier molecular flexibility index (Phi) is 4.77. The molecule has 2 fully saturated rings. The van der Waals surface area contributed by atoms with Gasteiger partial charge < -0.3 is 5.32 Å². The minimum absolute atomic E-state index is 0.535. The highest BCUT2D eigenvalue weighted by atomic mass is 32.1. The van der Waals surface area contributed by atoms with E-state index in [-0.39, 0.29) is 0 Å². The lowest BCUT2D eigenvalue weighted by molar-refractivity contribution is 0.308. The van der Waals surface area contributed by atoms with Gasteiger partial charge in [0.05, 0.1) is 0 Å². The van der Waals surface area contributed by atoms with Gasteiger partial charge in [0.1, 0.15) is 0 Å². The molecule has 3 nitrogen and oxygen atoms in total. The van der Waals surface area contributed by atoms with Crippen molar-refractivity contribution in [3.8, 4) is 0 Å². The molecule has 17 heavy (non-hydrogen) atoms. The average molecular weight is 253 g/mol. The van der Waals surface area contributed by atoms with E-state index in [1.54, 1.807) is 0 Å². The molecule has 0 aromatic heterocycles. The van der Waals surface area contributed by atoms with Crippen LogP contribution in [-0.2, 0) is 0 Å². The standard InChI is InChI=1S/C13H23N3S/c1-10-6-2-5-9-12(10)14-13(17)16-15-11-7-3-4-8-11/h10,12H,2-9H2,1H3,(H2,14,16,17)/t10-,12+/m0/s1. The zero-order valence-corrected chi connectivity index (χ0v) is 11.5. The van der Waals surface area contributed by atoms with Gasteiger partial charge in [-0.15, -0.1) is 0 Å². The highest BCUT2D eigenvalue weighted by Gasteiger charge is 2.21. The lowest BCUT2D eigenvalue weighted by Crippen LogP contribution is -2.44. The first-order valence-electron chi connectivity index (χ1n) is 6.87. The minimum Gasteiger partial charge on any atom is -0.358 e. The highest BCUT2D eigenvalue weighted by Crippen LogP contribution is 2.23. The van der Waals surface area contributed by atoms with Crippen molar-refractivity contribution in [3.63, 3.8) is 0 Å². The van der Waals surface area contributed by atoms with E-state index in [4.69, 9.17) is 12.2 Å². The van der Waals surface area contributed by atoms with Gasteiger partial charge in [0.25, 0.3) is 0 Å². The predicted molar refractivity (Wildman–Crippen MR) is 76.2 cm³/mol. The fourth-order valence-corrected chi connectivity index (χ4v) is 2.95. The first kappa shape index (κ1) is 12.8. The summed E-state index contributed by atoms with van der Waals surface area (Å²) in [5.74, 6) is 0.725. The van der Waals surface area contributed by atoms with E-state index in [9.17, 15) is 0 Å². The van der Waals surface area contributed by atoms with Crippen molar-refractivity contribution in [3.05, 3.63) is 0 Å². The first-order chi connectivity index (χ1) is 8.25. The van der Waals surface area contributed by atoms with Gasteiger partial charge in [0.2, 0.25) is 0 Å². The Hall–Kier alpha value is -0.640. The van der Waals surface area contributed by atoms with Gasteiger partial charge in [-0.2, -0.15) is 5.10 Å². The Morgan fingerprint density at radius 3 is 2.59 bits per heavy atom. The van der Waals surface area contributed by atoms with Gasteiger partial charge in [-0.25, -0.2) is 0 Å². The number of nitrogens with one attached hydrogen (secondary N) is 2. The van der Waals surface area contributed by atoms with E-state index in [0.717, 1.165) is 18.8 Å². The Morgan fingerprint density at radius 2 is 1.88 bits per heavy atom. The van der Waals surface area contributed by atoms with E-state index in [1.807, 2.05) is 0 Å². The van der Waals surface area contributed by atoms with Crippen molar-refractivity contribution >= 4 is 23.0 Å². The number of hydrogen-bond donors (Lipinski definition) is 2. The van der Waals surface area contributed by atoms with Crippen LogP contribution in [-0.4, -0.2) is 16.9 Å². The topological polar surface area (TPSA) is 36.4 Å². The average Bonchev–Trinajstić information content (AvgIpc) is 2.82. The summed E-state index contributed by atoms with van der Waals surface area (Å²) in [6.07, 6.45) is 10.1. The minimum atomic E-state index is 0.535. The van der Waals surface area contributed by atoms with Crippen LogP contribution >= 0.6 is 12.2 Å². The fraction of sp³-hybridized carbons (Fsp3) is 0.846. The molecular weight excluding hydrogens is 230 g/mol. The second-order valence-corrected chi connectivity index (χ2v) is 5.75. The van der Waals surface area contributed by atoms with Crippen molar-refractivity contribution < 1.29 is 0 Å². The van der Waals surface area contributed by atoms with Gasteiger partial charge in [0.15, 0.2) is 5.11 Å². The molecule has 2 aliphatic rings. The number of hydrazone groups is 1. The van der Waals surface area contributed by atoms with Gasteiger partial charge >= 0.3 is 0 Å². The molecule has 0 unspecified atom stereocenters. The molecule has 2 aliphatic carbocycles. The predicted octanol–water partition coefficient (Wildman–Crippen LogP) is 2.96. The molecule has 0 aromatic rings. The Bertz CT molecular complexity index is 293. The summed E-state index contributed by atoms with van der Waals surface area (Å²) >= 11 is 5.29. The second-order valence-electron chi connectivity index (χ2n) is 5.34. The fourth-order valence-electron chi connectivity index (χ4n) is 2.76. The van der Waals surface area contributed by atoms with E-state index in [2.05, 4.69) is 22.8 Å². The van der Waals surface area contributed by atoms with Crippen molar-refractivity contribution in [1.29, 1.82) is 0 Å². The lowest BCUT2D eigenvalue weighted by atomic mass is 9.86. The lowest BCUT2D eigenvalue weighted by Gasteiger charge is -2.30. The number of hydrogen-bond acceptors (Lipinski definition) is 2. The van der Waals surface area contributed by atoms with E-state index < -0.39 is 0 Å². The van der Waals surface area contributed by atoms with Gasteiger partial charge in [0, 0.05) is 11.8 Å². The summed E-state index contributed by atoms with van der Waals surface area (Å²) in [7, 11) is 0. The van der Waals surface area contributed by atoms with Crippen LogP contribution < -0.4 is 10.7 Å². The van der Waals surface area contributed by atoms with Gasteiger partial charge in [-0.1, -0.05) is 19.8 Å². The van der Waals surface area contributed by atoms with Crippen LogP contribution in [0.2, 0.25) is 0 Å².